The maximum absolute atomic E-state index is 13.5. The third-order valence-electron chi connectivity index (χ3n) is 6.52. The molecule has 1 aromatic heterocycles. The molecule has 7 nitrogen and oxygen atoms in total. The molecule has 1 atom stereocenters. The summed E-state index contributed by atoms with van der Waals surface area (Å²) in [5.41, 5.74) is 5.64. The van der Waals surface area contributed by atoms with Crippen molar-refractivity contribution in [3.8, 4) is 0 Å². The number of amides is 1. The van der Waals surface area contributed by atoms with Gasteiger partial charge in [-0.1, -0.05) is 78.0 Å². The van der Waals surface area contributed by atoms with E-state index in [4.69, 9.17) is 9.73 Å². The predicted octanol–water partition coefficient (Wildman–Crippen LogP) is 5.41. The lowest BCUT2D eigenvalue weighted by molar-refractivity contribution is -0.139. The van der Waals surface area contributed by atoms with Crippen LogP contribution in [0, 0.1) is 6.92 Å². The van der Waals surface area contributed by atoms with Crippen molar-refractivity contribution < 1.29 is 14.3 Å². The third-order valence-corrected chi connectivity index (χ3v) is 7.41. The lowest BCUT2D eigenvalue weighted by Gasteiger charge is -2.36. The Labute approximate surface area is 232 Å². The van der Waals surface area contributed by atoms with E-state index < -0.39 is 12.0 Å². The van der Waals surface area contributed by atoms with E-state index in [9.17, 15) is 9.59 Å². The molecule has 2 aliphatic rings. The van der Waals surface area contributed by atoms with Crippen molar-refractivity contribution in [1.29, 1.82) is 0 Å². The number of aliphatic imine (C=N–C) groups is 1. The highest BCUT2D eigenvalue weighted by Crippen LogP contribution is 2.47. The molecule has 8 heteroatoms. The number of fused-ring (bicyclic) bond motifs is 1. The first kappa shape index (κ1) is 26.4. The summed E-state index contributed by atoms with van der Waals surface area (Å²) in [5.74, 6) is -0.516. The van der Waals surface area contributed by atoms with Gasteiger partial charge in [0.15, 0.2) is 5.17 Å². The molecule has 2 aromatic carbocycles. The largest absolute Gasteiger partial charge is 0.463 e. The van der Waals surface area contributed by atoms with Gasteiger partial charge in [0.2, 0.25) is 5.91 Å². The van der Waals surface area contributed by atoms with Gasteiger partial charge < -0.3 is 15.0 Å². The second-order valence-electron chi connectivity index (χ2n) is 9.25. The summed E-state index contributed by atoms with van der Waals surface area (Å²) in [4.78, 5) is 37.8. The Morgan fingerprint density at radius 3 is 2.51 bits per heavy atom. The van der Waals surface area contributed by atoms with Gasteiger partial charge in [-0.15, -0.1) is 0 Å². The van der Waals surface area contributed by atoms with Gasteiger partial charge in [-0.25, -0.2) is 9.79 Å². The number of nitrogens with zero attached hydrogens (tertiary/aromatic N) is 3. The molecule has 1 N–H and O–H groups in total. The number of esters is 1. The minimum atomic E-state index is -0.491. The van der Waals surface area contributed by atoms with Crippen molar-refractivity contribution in [2.24, 2.45) is 4.99 Å². The Kier molecular flexibility index (Phi) is 8.22. The molecule has 0 bridgehead atoms. The number of thioether (sulfide) groups is 1. The number of rotatable bonds is 9. The van der Waals surface area contributed by atoms with Gasteiger partial charge in [-0.3, -0.25) is 9.78 Å². The number of hydrogen-bond donors (Lipinski definition) is 1. The van der Waals surface area contributed by atoms with Crippen LogP contribution in [0.2, 0.25) is 0 Å². The Morgan fingerprint density at radius 1 is 1.03 bits per heavy atom. The van der Waals surface area contributed by atoms with E-state index in [-0.39, 0.29) is 18.9 Å². The maximum Gasteiger partial charge on any atom is 0.338 e. The molecule has 0 radical (unpaired) electrons. The topological polar surface area (TPSA) is 83.9 Å². The van der Waals surface area contributed by atoms with Gasteiger partial charge in [0, 0.05) is 36.1 Å². The van der Waals surface area contributed by atoms with E-state index in [2.05, 4.69) is 10.3 Å². The first-order valence-electron chi connectivity index (χ1n) is 13.0. The van der Waals surface area contributed by atoms with Gasteiger partial charge >= 0.3 is 5.97 Å². The SMILES string of the molecule is CCOC(=O)C1=C(c2ccccc2)N=C2SC=C(CC(=O)NCCc3ccccn3)N2C1c1ccc(C)cc1. The number of aryl methyl sites for hydroxylation is 1. The summed E-state index contributed by atoms with van der Waals surface area (Å²) in [6.07, 6.45) is 2.56. The van der Waals surface area contributed by atoms with Crippen LogP contribution in [0.4, 0.5) is 0 Å². The molecule has 2 aliphatic heterocycles. The first-order valence-corrected chi connectivity index (χ1v) is 13.9. The number of aromatic nitrogens is 1. The molecule has 3 heterocycles. The second-order valence-corrected chi connectivity index (χ2v) is 10.1. The third kappa shape index (κ3) is 5.96. The first-order chi connectivity index (χ1) is 19.0. The van der Waals surface area contributed by atoms with Crippen molar-refractivity contribution >= 4 is 34.5 Å². The van der Waals surface area contributed by atoms with Crippen molar-refractivity contribution in [2.75, 3.05) is 13.2 Å². The second kappa shape index (κ2) is 12.1. The lowest BCUT2D eigenvalue weighted by Crippen LogP contribution is -2.38. The fourth-order valence-corrected chi connectivity index (χ4v) is 5.57. The number of amidine groups is 1. The highest BCUT2D eigenvalue weighted by atomic mass is 32.2. The average molecular weight is 539 g/mol. The van der Waals surface area contributed by atoms with Crippen LogP contribution >= 0.6 is 11.8 Å². The van der Waals surface area contributed by atoms with E-state index >= 15 is 0 Å². The molecule has 1 unspecified atom stereocenters. The standard InChI is InChI=1S/C31H30N4O3S/c1-3-38-30(37)27-28(22-9-5-4-6-10-22)34-31-35(29(27)23-14-12-21(2)13-15-23)25(20-39-31)19-26(36)33-18-16-24-11-7-8-17-32-24/h4-15,17,20,29H,3,16,18-19H2,1-2H3,(H,33,36). The van der Waals surface area contributed by atoms with Gasteiger partial charge in [-0.2, -0.15) is 0 Å². The minimum absolute atomic E-state index is 0.0998. The quantitative estimate of drug-likeness (QED) is 0.367. The summed E-state index contributed by atoms with van der Waals surface area (Å²) in [6, 6.07) is 23.1. The van der Waals surface area contributed by atoms with Gasteiger partial charge in [0.25, 0.3) is 0 Å². The number of carbonyl (C=O) groups is 2. The zero-order valence-corrected chi connectivity index (χ0v) is 22.8. The van der Waals surface area contributed by atoms with Crippen LogP contribution < -0.4 is 5.32 Å². The van der Waals surface area contributed by atoms with E-state index in [0.717, 1.165) is 33.2 Å². The van der Waals surface area contributed by atoms with E-state index in [1.54, 1.807) is 13.1 Å². The molecule has 0 saturated carbocycles. The normalized spacial score (nSPS) is 16.4. The molecule has 0 spiro atoms. The highest BCUT2D eigenvalue weighted by molar-refractivity contribution is 8.16. The van der Waals surface area contributed by atoms with Crippen LogP contribution in [-0.4, -0.2) is 40.1 Å². The molecule has 3 aromatic rings. The number of hydrogen-bond acceptors (Lipinski definition) is 7. The summed E-state index contributed by atoms with van der Waals surface area (Å²) in [6.45, 7) is 4.56. The highest BCUT2D eigenvalue weighted by Gasteiger charge is 2.42. The lowest BCUT2D eigenvalue weighted by atomic mass is 9.91. The fourth-order valence-electron chi connectivity index (χ4n) is 4.66. The zero-order chi connectivity index (χ0) is 27.2. The van der Waals surface area contributed by atoms with E-state index in [1.807, 2.05) is 90.0 Å². The number of ether oxygens (including phenoxy) is 1. The van der Waals surface area contributed by atoms with Crippen molar-refractivity contribution in [1.82, 2.24) is 15.2 Å². The van der Waals surface area contributed by atoms with Crippen molar-refractivity contribution in [3.63, 3.8) is 0 Å². The van der Waals surface area contributed by atoms with Crippen LogP contribution in [0.1, 0.15) is 41.8 Å². The average Bonchev–Trinajstić information content (AvgIpc) is 3.36. The summed E-state index contributed by atoms with van der Waals surface area (Å²) in [7, 11) is 0. The molecule has 5 rings (SSSR count). The molecular formula is C31H30N4O3S. The summed E-state index contributed by atoms with van der Waals surface area (Å²) < 4.78 is 5.56. The predicted molar refractivity (Wildman–Crippen MR) is 154 cm³/mol. The maximum atomic E-state index is 13.5. The smallest absolute Gasteiger partial charge is 0.338 e. The Balaban J connectivity index is 1.47. The number of pyridine rings is 1. The Hall–Kier alpha value is -4.17. The Bertz CT molecular complexity index is 1430. The van der Waals surface area contributed by atoms with Crippen LogP contribution in [-0.2, 0) is 20.7 Å². The molecular weight excluding hydrogens is 508 g/mol. The number of carbonyl (C=O) groups excluding carboxylic acids is 2. The van der Waals surface area contributed by atoms with Crippen molar-refractivity contribution in [3.05, 3.63) is 118 Å². The summed E-state index contributed by atoms with van der Waals surface area (Å²) >= 11 is 1.46. The molecule has 39 heavy (non-hydrogen) atoms. The summed E-state index contributed by atoms with van der Waals surface area (Å²) in [5, 5.41) is 5.68. The van der Waals surface area contributed by atoms with Crippen molar-refractivity contribution in [2.45, 2.75) is 32.7 Å². The van der Waals surface area contributed by atoms with Gasteiger partial charge in [0.05, 0.1) is 30.3 Å². The van der Waals surface area contributed by atoms with Crippen LogP contribution in [0.3, 0.4) is 0 Å². The van der Waals surface area contributed by atoms with Gasteiger partial charge in [-0.05, 0) is 37.0 Å². The molecule has 0 aliphatic carbocycles. The van der Waals surface area contributed by atoms with Crippen LogP contribution in [0.5, 0.6) is 0 Å². The van der Waals surface area contributed by atoms with Gasteiger partial charge in [0.1, 0.15) is 0 Å². The minimum Gasteiger partial charge on any atom is -0.463 e. The number of nitrogens with one attached hydrogen (secondary N) is 1. The van der Waals surface area contributed by atoms with E-state index in [0.29, 0.717) is 24.2 Å². The fraction of sp³-hybridized carbons (Fsp3) is 0.226. The Morgan fingerprint density at radius 2 is 1.79 bits per heavy atom. The monoisotopic (exact) mass is 538 g/mol. The van der Waals surface area contributed by atoms with Crippen LogP contribution in [0.15, 0.2) is 101 Å². The molecule has 1 amide bonds. The molecule has 0 saturated heterocycles. The number of benzene rings is 2. The van der Waals surface area contributed by atoms with E-state index in [1.165, 1.54) is 11.8 Å². The molecule has 198 valence electrons. The zero-order valence-electron chi connectivity index (χ0n) is 22.0. The molecule has 0 fully saturated rings. The van der Waals surface area contributed by atoms with Crippen LogP contribution in [0.25, 0.3) is 5.70 Å².